The molecule has 5 rings (SSSR count). The van der Waals surface area contributed by atoms with Crippen molar-refractivity contribution < 1.29 is 9.32 Å². The number of aromatic nitrogens is 2. The Morgan fingerprint density at radius 2 is 1.76 bits per heavy atom. The van der Waals surface area contributed by atoms with Gasteiger partial charge in [0.1, 0.15) is 0 Å². The number of aryl methyl sites for hydroxylation is 1. The number of piperazine rings is 1. The lowest BCUT2D eigenvalue weighted by molar-refractivity contribution is -0.138. The van der Waals surface area contributed by atoms with Crippen LogP contribution in [0.3, 0.4) is 0 Å². The molecule has 0 N–H and O–H groups in total. The van der Waals surface area contributed by atoms with Gasteiger partial charge in [-0.2, -0.15) is 4.98 Å². The zero-order chi connectivity index (χ0) is 22.9. The Balaban J connectivity index is 1.16. The summed E-state index contributed by atoms with van der Waals surface area (Å²) in [5.74, 6) is 1.51. The summed E-state index contributed by atoms with van der Waals surface area (Å²) >= 11 is 1.81. The molecule has 1 aromatic carbocycles. The smallest absolute Gasteiger partial charge is 0.244 e. The maximum atomic E-state index is 13.2. The Morgan fingerprint density at radius 1 is 1.03 bits per heavy atom. The van der Waals surface area contributed by atoms with Crippen molar-refractivity contribution in [1.29, 1.82) is 0 Å². The van der Waals surface area contributed by atoms with E-state index in [2.05, 4.69) is 64.3 Å². The second kappa shape index (κ2) is 9.37. The molecule has 2 aliphatic heterocycles. The van der Waals surface area contributed by atoms with Gasteiger partial charge in [0, 0.05) is 49.7 Å². The minimum Gasteiger partial charge on any atom is -0.337 e. The predicted molar refractivity (Wildman–Crippen MR) is 129 cm³/mol. The van der Waals surface area contributed by atoms with Crippen molar-refractivity contribution >= 4 is 17.2 Å². The van der Waals surface area contributed by atoms with Gasteiger partial charge >= 0.3 is 0 Å². The van der Waals surface area contributed by atoms with Gasteiger partial charge in [0.2, 0.25) is 17.6 Å². The van der Waals surface area contributed by atoms with E-state index in [-0.39, 0.29) is 18.0 Å². The standard InChI is InChI=1S/C25H31N5O2S/c1-17-4-6-20(7-5-17)23-26-24(32-27-23)18(2)28-11-13-29(14-12-28)19(3)25(31)30-10-8-22-21(16-30)9-15-33-22/h4-7,9,15,18-19H,8,10-14,16H2,1-3H3. The number of amides is 1. The van der Waals surface area contributed by atoms with Crippen LogP contribution in [-0.2, 0) is 17.8 Å². The number of thiophene rings is 1. The first kappa shape index (κ1) is 22.3. The van der Waals surface area contributed by atoms with Crippen LogP contribution in [0.25, 0.3) is 11.4 Å². The zero-order valence-electron chi connectivity index (χ0n) is 19.5. The van der Waals surface area contributed by atoms with Crippen molar-refractivity contribution in [2.75, 3.05) is 32.7 Å². The van der Waals surface area contributed by atoms with E-state index >= 15 is 0 Å². The first-order valence-electron chi connectivity index (χ1n) is 11.7. The molecule has 0 saturated carbocycles. The Morgan fingerprint density at radius 3 is 2.52 bits per heavy atom. The fraction of sp³-hybridized carbons (Fsp3) is 0.480. The molecule has 0 bridgehead atoms. The highest BCUT2D eigenvalue weighted by Gasteiger charge is 2.32. The van der Waals surface area contributed by atoms with Crippen LogP contribution in [0.15, 0.2) is 40.2 Å². The van der Waals surface area contributed by atoms with Gasteiger partial charge in [0.15, 0.2) is 0 Å². The molecule has 1 fully saturated rings. The van der Waals surface area contributed by atoms with E-state index in [9.17, 15) is 4.79 Å². The largest absolute Gasteiger partial charge is 0.337 e. The number of hydrogen-bond acceptors (Lipinski definition) is 7. The quantitative estimate of drug-likeness (QED) is 0.572. The molecule has 2 atom stereocenters. The normalized spacial score (nSPS) is 19.3. The van der Waals surface area contributed by atoms with Gasteiger partial charge in [-0.1, -0.05) is 35.0 Å². The van der Waals surface area contributed by atoms with E-state index in [4.69, 9.17) is 4.52 Å². The highest BCUT2D eigenvalue weighted by Crippen LogP contribution is 2.26. The SMILES string of the molecule is Cc1ccc(-c2noc(C(C)N3CCN(C(C)C(=O)N4CCc5sccc5C4)CC3)n2)cc1. The second-order valence-corrected chi connectivity index (χ2v) is 10.1. The third-order valence-electron chi connectivity index (χ3n) is 7.03. The van der Waals surface area contributed by atoms with Crippen LogP contribution in [0.1, 0.15) is 41.8 Å². The van der Waals surface area contributed by atoms with Crippen LogP contribution in [-0.4, -0.2) is 69.5 Å². The molecule has 0 radical (unpaired) electrons. The number of fused-ring (bicyclic) bond motifs is 1. The van der Waals surface area contributed by atoms with Crippen LogP contribution in [0.4, 0.5) is 0 Å². The summed E-state index contributed by atoms with van der Waals surface area (Å²) < 4.78 is 5.60. The molecule has 174 valence electrons. The van der Waals surface area contributed by atoms with E-state index in [1.807, 2.05) is 17.0 Å². The highest BCUT2D eigenvalue weighted by atomic mass is 32.1. The molecule has 1 amide bonds. The first-order valence-corrected chi connectivity index (χ1v) is 12.6. The fourth-order valence-corrected chi connectivity index (χ4v) is 5.64. The predicted octanol–water partition coefficient (Wildman–Crippen LogP) is 3.76. The first-order chi connectivity index (χ1) is 16.0. The monoisotopic (exact) mass is 465 g/mol. The minimum atomic E-state index is -0.0980. The Labute approximate surface area is 199 Å². The van der Waals surface area contributed by atoms with Gasteiger partial charge in [-0.05, 0) is 44.2 Å². The summed E-state index contributed by atoms with van der Waals surface area (Å²) in [6.07, 6.45) is 0.978. The lowest BCUT2D eigenvalue weighted by Crippen LogP contribution is -2.55. The lowest BCUT2D eigenvalue weighted by atomic mass is 10.1. The lowest BCUT2D eigenvalue weighted by Gasteiger charge is -2.40. The molecule has 1 saturated heterocycles. The molecule has 2 unspecified atom stereocenters. The summed E-state index contributed by atoms with van der Waals surface area (Å²) in [6.45, 7) is 11.3. The fourth-order valence-electron chi connectivity index (χ4n) is 4.75. The molecule has 2 aromatic heterocycles. The number of benzene rings is 1. The Hall–Kier alpha value is -2.55. The van der Waals surface area contributed by atoms with Gasteiger partial charge in [-0.25, -0.2) is 0 Å². The number of carbonyl (C=O) groups is 1. The summed E-state index contributed by atoms with van der Waals surface area (Å²) in [7, 11) is 0. The van der Waals surface area contributed by atoms with Crippen molar-refractivity contribution in [3.63, 3.8) is 0 Å². The zero-order valence-corrected chi connectivity index (χ0v) is 20.3. The molecule has 4 heterocycles. The van der Waals surface area contributed by atoms with Gasteiger partial charge in [-0.15, -0.1) is 11.3 Å². The molecule has 8 heteroatoms. The van der Waals surface area contributed by atoms with E-state index in [0.717, 1.165) is 51.3 Å². The number of nitrogens with zero attached hydrogens (tertiary/aromatic N) is 5. The van der Waals surface area contributed by atoms with E-state index < -0.39 is 0 Å². The molecule has 7 nitrogen and oxygen atoms in total. The average Bonchev–Trinajstić information content (AvgIpc) is 3.53. The topological polar surface area (TPSA) is 65.7 Å². The molecule has 3 aromatic rings. The second-order valence-electron chi connectivity index (χ2n) is 9.12. The van der Waals surface area contributed by atoms with Crippen molar-refractivity contribution in [3.05, 3.63) is 57.6 Å². The van der Waals surface area contributed by atoms with E-state index in [1.54, 1.807) is 11.3 Å². The molecular formula is C25H31N5O2S. The van der Waals surface area contributed by atoms with Crippen LogP contribution in [0, 0.1) is 6.92 Å². The van der Waals surface area contributed by atoms with Crippen LogP contribution in [0.2, 0.25) is 0 Å². The summed E-state index contributed by atoms with van der Waals surface area (Å²) in [4.78, 5) is 25.9. The van der Waals surface area contributed by atoms with Crippen molar-refractivity contribution in [1.82, 2.24) is 24.8 Å². The molecule has 0 spiro atoms. The summed E-state index contributed by atoms with van der Waals surface area (Å²) in [5.41, 5.74) is 3.49. The van der Waals surface area contributed by atoms with Crippen LogP contribution in [0.5, 0.6) is 0 Å². The van der Waals surface area contributed by atoms with Crippen molar-refractivity contribution in [2.45, 2.75) is 45.8 Å². The number of carbonyl (C=O) groups excluding carboxylic acids is 1. The highest BCUT2D eigenvalue weighted by molar-refractivity contribution is 7.10. The van der Waals surface area contributed by atoms with Crippen LogP contribution < -0.4 is 0 Å². The Kier molecular flexibility index (Phi) is 6.32. The third kappa shape index (κ3) is 4.60. The van der Waals surface area contributed by atoms with Gasteiger partial charge in [-0.3, -0.25) is 14.6 Å². The molecule has 33 heavy (non-hydrogen) atoms. The van der Waals surface area contributed by atoms with Gasteiger partial charge in [0.05, 0.1) is 12.1 Å². The minimum absolute atomic E-state index is 0.0453. The maximum Gasteiger partial charge on any atom is 0.244 e. The average molecular weight is 466 g/mol. The summed E-state index contributed by atoms with van der Waals surface area (Å²) in [6, 6.07) is 10.3. The number of rotatable bonds is 5. The van der Waals surface area contributed by atoms with Crippen molar-refractivity contribution in [2.24, 2.45) is 0 Å². The molecule has 2 aliphatic rings. The Bertz CT molecular complexity index is 1100. The number of hydrogen-bond donors (Lipinski definition) is 0. The molecular weight excluding hydrogens is 434 g/mol. The van der Waals surface area contributed by atoms with E-state index in [1.165, 1.54) is 16.0 Å². The molecule has 0 aliphatic carbocycles. The van der Waals surface area contributed by atoms with E-state index in [0.29, 0.717) is 11.7 Å². The third-order valence-corrected chi connectivity index (χ3v) is 8.05. The van der Waals surface area contributed by atoms with Crippen LogP contribution >= 0.6 is 11.3 Å². The van der Waals surface area contributed by atoms with Gasteiger partial charge in [0.25, 0.3) is 0 Å². The van der Waals surface area contributed by atoms with Gasteiger partial charge < -0.3 is 9.42 Å². The summed E-state index contributed by atoms with van der Waals surface area (Å²) in [5, 5.41) is 6.32. The van der Waals surface area contributed by atoms with Crippen molar-refractivity contribution in [3.8, 4) is 11.4 Å². The maximum absolute atomic E-state index is 13.2.